The standard InChI is InChI=1S/C15H23N3O4S/c1-3-12-7-8-13(18(19)20)10-15(12)23(21,22)17-9-5-4-6-14(17)11(2)16/h7-8,10-11,14H,3-6,9,16H2,1-2H3. The summed E-state index contributed by atoms with van der Waals surface area (Å²) in [5, 5.41) is 11.0. The topological polar surface area (TPSA) is 107 Å². The lowest BCUT2D eigenvalue weighted by Crippen LogP contribution is -2.51. The monoisotopic (exact) mass is 341 g/mol. The van der Waals surface area contributed by atoms with Gasteiger partial charge in [-0.15, -0.1) is 0 Å². The van der Waals surface area contributed by atoms with Crippen molar-refractivity contribution in [3.8, 4) is 0 Å². The summed E-state index contributed by atoms with van der Waals surface area (Å²) in [5.41, 5.74) is 6.34. The molecule has 0 radical (unpaired) electrons. The fourth-order valence-electron chi connectivity index (χ4n) is 3.07. The molecule has 1 aromatic rings. The van der Waals surface area contributed by atoms with Crippen LogP contribution in [0.1, 0.15) is 38.7 Å². The summed E-state index contributed by atoms with van der Waals surface area (Å²) in [6.07, 6.45) is 2.92. The molecule has 0 saturated carbocycles. The van der Waals surface area contributed by atoms with Gasteiger partial charge in [0, 0.05) is 30.8 Å². The van der Waals surface area contributed by atoms with Gasteiger partial charge in [0.2, 0.25) is 10.0 Å². The van der Waals surface area contributed by atoms with Crippen LogP contribution in [-0.2, 0) is 16.4 Å². The van der Waals surface area contributed by atoms with E-state index in [4.69, 9.17) is 5.73 Å². The van der Waals surface area contributed by atoms with Gasteiger partial charge in [-0.05, 0) is 31.7 Å². The second-order valence-corrected chi connectivity index (χ2v) is 7.80. The maximum atomic E-state index is 13.1. The highest BCUT2D eigenvalue weighted by molar-refractivity contribution is 7.89. The van der Waals surface area contributed by atoms with Crippen molar-refractivity contribution in [2.75, 3.05) is 6.54 Å². The Hall–Kier alpha value is -1.51. The van der Waals surface area contributed by atoms with Crippen molar-refractivity contribution in [3.05, 3.63) is 33.9 Å². The summed E-state index contributed by atoms with van der Waals surface area (Å²) in [4.78, 5) is 10.5. The van der Waals surface area contributed by atoms with E-state index in [0.29, 0.717) is 24.9 Å². The van der Waals surface area contributed by atoms with E-state index < -0.39 is 14.9 Å². The van der Waals surface area contributed by atoms with Crippen LogP contribution in [0.5, 0.6) is 0 Å². The third-order valence-electron chi connectivity index (χ3n) is 4.33. The molecule has 23 heavy (non-hydrogen) atoms. The Balaban J connectivity index is 2.53. The molecule has 1 fully saturated rings. The van der Waals surface area contributed by atoms with Crippen LogP contribution < -0.4 is 5.73 Å². The van der Waals surface area contributed by atoms with Crippen molar-refractivity contribution >= 4 is 15.7 Å². The van der Waals surface area contributed by atoms with Gasteiger partial charge in [-0.1, -0.05) is 19.4 Å². The first kappa shape index (κ1) is 17.8. The summed E-state index contributed by atoms with van der Waals surface area (Å²) in [6, 6.07) is 3.49. The van der Waals surface area contributed by atoms with Crippen LogP contribution in [0, 0.1) is 10.1 Å². The quantitative estimate of drug-likeness (QED) is 0.651. The number of piperidine rings is 1. The van der Waals surface area contributed by atoms with Crippen molar-refractivity contribution in [1.29, 1.82) is 0 Å². The maximum absolute atomic E-state index is 13.1. The fraction of sp³-hybridized carbons (Fsp3) is 0.600. The van der Waals surface area contributed by atoms with Crippen LogP contribution in [0.3, 0.4) is 0 Å². The maximum Gasteiger partial charge on any atom is 0.270 e. The molecule has 2 N–H and O–H groups in total. The Bertz CT molecular complexity index is 688. The summed E-state index contributed by atoms with van der Waals surface area (Å²) >= 11 is 0. The number of aryl methyl sites for hydroxylation is 1. The Morgan fingerprint density at radius 1 is 1.43 bits per heavy atom. The molecule has 0 spiro atoms. The highest BCUT2D eigenvalue weighted by Gasteiger charge is 2.36. The van der Waals surface area contributed by atoms with E-state index in [-0.39, 0.29) is 22.7 Å². The minimum absolute atomic E-state index is 0.0294. The number of nitrogens with two attached hydrogens (primary N) is 1. The van der Waals surface area contributed by atoms with Gasteiger partial charge in [0.1, 0.15) is 0 Å². The van der Waals surface area contributed by atoms with Crippen molar-refractivity contribution in [2.24, 2.45) is 5.73 Å². The van der Waals surface area contributed by atoms with Gasteiger partial charge >= 0.3 is 0 Å². The van der Waals surface area contributed by atoms with Crippen LogP contribution in [0.2, 0.25) is 0 Å². The number of sulfonamides is 1. The molecule has 7 nitrogen and oxygen atoms in total. The Morgan fingerprint density at radius 3 is 2.70 bits per heavy atom. The molecule has 1 aromatic carbocycles. The molecule has 128 valence electrons. The second kappa shape index (κ2) is 6.94. The van der Waals surface area contributed by atoms with Gasteiger partial charge in [-0.25, -0.2) is 8.42 Å². The predicted octanol–water partition coefficient (Wildman–Crippen LogP) is 2.05. The van der Waals surface area contributed by atoms with Crippen LogP contribution in [0.4, 0.5) is 5.69 Å². The molecule has 1 heterocycles. The number of nitro benzene ring substituents is 1. The molecule has 0 aliphatic carbocycles. The van der Waals surface area contributed by atoms with Crippen molar-refractivity contribution in [2.45, 2.75) is 56.5 Å². The molecule has 0 aromatic heterocycles. The number of nitrogens with zero attached hydrogens (tertiary/aromatic N) is 2. The van der Waals surface area contributed by atoms with E-state index in [1.54, 1.807) is 6.92 Å². The van der Waals surface area contributed by atoms with E-state index >= 15 is 0 Å². The van der Waals surface area contributed by atoms with E-state index in [0.717, 1.165) is 12.8 Å². The van der Waals surface area contributed by atoms with Crippen molar-refractivity contribution in [1.82, 2.24) is 4.31 Å². The normalized spacial score (nSPS) is 21.1. The Morgan fingerprint density at radius 2 is 2.13 bits per heavy atom. The number of hydrogen-bond acceptors (Lipinski definition) is 5. The van der Waals surface area contributed by atoms with Crippen molar-refractivity contribution < 1.29 is 13.3 Å². The van der Waals surface area contributed by atoms with Crippen LogP contribution in [-0.4, -0.2) is 36.3 Å². The summed E-state index contributed by atoms with van der Waals surface area (Å²) in [5.74, 6) is 0. The van der Waals surface area contributed by atoms with Gasteiger partial charge in [0.25, 0.3) is 5.69 Å². The number of non-ortho nitro benzene ring substituents is 1. The lowest BCUT2D eigenvalue weighted by atomic mass is 10.00. The second-order valence-electron chi connectivity index (χ2n) is 5.94. The highest BCUT2D eigenvalue weighted by Crippen LogP contribution is 2.30. The molecule has 8 heteroatoms. The van der Waals surface area contributed by atoms with Crippen LogP contribution in [0.25, 0.3) is 0 Å². The van der Waals surface area contributed by atoms with E-state index in [1.165, 1.54) is 22.5 Å². The molecule has 0 bridgehead atoms. The molecular weight excluding hydrogens is 318 g/mol. The Kier molecular flexibility index (Phi) is 5.38. The highest BCUT2D eigenvalue weighted by atomic mass is 32.2. The van der Waals surface area contributed by atoms with Gasteiger partial charge < -0.3 is 5.73 Å². The molecule has 2 rings (SSSR count). The Labute approximate surface area is 136 Å². The summed E-state index contributed by atoms with van der Waals surface area (Å²) in [7, 11) is -3.81. The molecule has 2 atom stereocenters. The predicted molar refractivity (Wildman–Crippen MR) is 87.7 cm³/mol. The molecule has 2 unspecified atom stereocenters. The summed E-state index contributed by atoms with van der Waals surface area (Å²) < 4.78 is 27.6. The zero-order chi connectivity index (χ0) is 17.2. The zero-order valence-electron chi connectivity index (χ0n) is 13.4. The fourth-order valence-corrected chi connectivity index (χ4v) is 5.16. The molecule has 0 amide bonds. The SMILES string of the molecule is CCc1ccc([N+](=O)[O-])cc1S(=O)(=O)N1CCCCC1C(C)N. The summed E-state index contributed by atoms with van der Waals surface area (Å²) in [6.45, 7) is 4.03. The van der Waals surface area contributed by atoms with Gasteiger partial charge in [-0.2, -0.15) is 4.31 Å². The van der Waals surface area contributed by atoms with Crippen LogP contribution in [0.15, 0.2) is 23.1 Å². The smallest absolute Gasteiger partial charge is 0.270 e. The first-order valence-corrected chi connectivity index (χ1v) is 9.27. The van der Waals surface area contributed by atoms with E-state index in [2.05, 4.69) is 0 Å². The van der Waals surface area contributed by atoms with E-state index in [9.17, 15) is 18.5 Å². The zero-order valence-corrected chi connectivity index (χ0v) is 14.3. The number of benzene rings is 1. The molecule has 1 aliphatic rings. The number of nitro groups is 1. The first-order chi connectivity index (χ1) is 10.8. The van der Waals surface area contributed by atoms with Crippen LogP contribution >= 0.6 is 0 Å². The largest absolute Gasteiger partial charge is 0.326 e. The average Bonchev–Trinajstić information content (AvgIpc) is 2.54. The molecule has 1 saturated heterocycles. The minimum atomic E-state index is -3.81. The molecule has 1 aliphatic heterocycles. The van der Waals surface area contributed by atoms with Crippen molar-refractivity contribution in [3.63, 3.8) is 0 Å². The van der Waals surface area contributed by atoms with Gasteiger partial charge in [0.05, 0.1) is 9.82 Å². The van der Waals surface area contributed by atoms with Gasteiger partial charge in [0.15, 0.2) is 0 Å². The van der Waals surface area contributed by atoms with E-state index in [1.807, 2.05) is 6.92 Å². The lowest BCUT2D eigenvalue weighted by molar-refractivity contribution is -0.385. The third kappa shape index (κ3) is 3.54. The average molecular weight is 341 g/mol. The third-order valence-corrected chi connectivity index (χ3v) is 6.34. The van der Waals surface area contributed by atoms with Gasteiger partial charge in [-0.3, -0.25) is 10.1 Å². The first-order valence-electron chi connectivity index (χ1n) is 7.83. The number of rotatable bonds is 5. The lowest BCUT2D eigenvalue weighted by Gasteiger charge is -2.37. The number of hydrogen-bond donors (Lipinski definition) is 1. The minimum Gasteiger partial charge on any atom is -0.326 e. The molecular formula is C15H23N3O4S.